The highest BCUT2D eigenvalue weighted by Crippen LogP contribution is 2.40. The number of hydrogen-bond donors (Lipinski definition) is 2. The fourth-order valence-corrected chi connectivity index (χ4v) is 3.32. The van der Waals surface area contributed by atoms with E-state index in [2.05, 4.69) is 15.3 Å². The fourth-order valence-electron chi connectivity index (χ4n) is 3.32. The summed E-state index contributed by atoms with van der Waals surface area (Å²) in [6.07, 6.45) is 3.54. The van der Waals surface area contributed by atoms with Gasteiger partial charge in [-0.3, -0.25) is 4.79 Å². The van der Waals surface area contributed by atoms with Crippen LogP contribution in [0.3, 0.4) is 0 Å². The zero-order valence-electron chi connectivity index (χ0n) is 14.4. The third-order valence-electron chi connectivity index (χ3n) is 4.59. The van der Waals surface area contributed by atoms with Gasteiger partial charge in [0.2, 0.25) is 5.89 Å². The highest BCUT2D eigenvalue weighted by molar-refractivity contribution is 6.37. The molecular weight excluding hydrogens is 342 g/mol. The second-order valence-corrected chi connectivity index (χ2v) is 6.19. The van der Waals surface area contributed by atoms with Gasteiger partial charge in [-0.1, -0.05) is 18.2 Å². The summed E-state index contributed by atoms with van der Waals surface area (Å²) in [7, 11) is 1.59. The van der Waals surface area contributed by atoms with Gasteiger partial charge in [-0.15, -0.1) is 0 Å². The molecule has 1 aliphatic rings. The molecule has 0 unspecified atom stereocenters. The largest absolute Gasteiger partial charge is 0.495 e. The molecule has 0 radical (unpaired) electrons. The Labute approximate surface area is 154 Å². The molecule has 1 aliphatic heterocycles. The van der Waals surface area contributed by atoms with E-state index in [1.807, 2.05) is 48.5 Å². The topological polar surface area (TPSA) is 80.2 Å². The number of anilines is 1. The number of rotatable bonds is 3. The first-order valence-electron chi connectivity index (χ1n) is 8.48. The first kappa shape index (κ1) is 15.5. The monoisotopic (exact) mass is 357 g/mol. The van der Waals surface area contributed by atoms with Crippen molar-refractivity contribution in [2.45, 2.75) is 0 Å². The number of nitrogens with one attached hydrogen (secondary N) is 2. The lowest BCUT2D eigenvalue weighted by molar-refractivity contribution is -0.110. The number of aromatic amines is 1. The SMILES string of the molecule is COc1cc[nH]c1C=C1C(=O)Nc2ccc3oc(-c4ccccc4)nc3c21. The van der Waals surface area contributed by atoms with E-state index in [0.717, 1.165) is 22.5 Å². The average Bonchev–Trinajstić information content (AvgIpc) is 3.39. The number of carbonyl (C=O) groups is 1. The van der Waals surface area contributed by atoms with E-state index in [-0.39, 0.29) is 5.91 Å². The second-order valence-electron chi connectivity index (χ2n) is 6.19. The number of fused-ring (bicyclic) bond motifs is 3. The molecule has 27 heavy (non-hydrogen) atoms. The molecule has 1 amide bonds. The van der Waals surface area contributed by atoms with Gasteiger partial charge in [-0.2, -0.15) is 0 Å². The van der Waals surface area contributed by atoms with E-state index in [1.54, 1.807) is 19.4 Å². The number of aromatic nitrogens is 2. The fraction of sp³-hybridized carbons (Fsp3) is 0.0476. The van der Waals surface area contributed by atoms with Crippen LogP contribution in [0, 0.1) is 0 Å². The third kappa shape index (κ3) is 2.42. The highest BCUT2D eigenvalue weighted by Gasteiger charge is 2.29. The van der Waals surface area contributed by atoms with E-state index in [4.69, 9.17) is 9.15 Å². The van der Waals surface area contributed by atoms with Crippen molar-refractivity contribution in [1.82, 2.24) is 9.97 Å². The molecule has 4 aromatic rings. The van der Waals surface area contributed by atoms with Crippen LogP contribution in [0.4, 0.5) is 5.69 Å². The molecule has 132 valence electrons. The quantitative estimate of drug-likeness (QED) is 0.535. The maximum absolute atomic E-state index is 12.6. The molecule has 0 fully saturated rings. The van der Waals surface area contributed by atoms with Crippen LogP contribution < -0.4 is 10.1 Å². The first-order valence-corrected chi connectivity index (χ1v) is 8.48. The van der Waals surface area contributed by atoms with Gasteiger partial charge in [0.15, 0.2) is 5.58 Å². The molecule has 0 saturated carbocycles. The molecule has 0 atom stereocenters. The van der Waals surface area contributed by atoms with Gasteiger partial charge in [0.1, 0.15) is 11.3 Å². The minimum absolute atomic E-state index is 0.182. The van der Waals surface area contributed by atoms with Gasteiger partial charge < -0.3 is 19.5 Å². The van der Waals surface area contributed by atoms with Crippen LogP contribution in [0.1, 0.15) is 11.3 Å². The summed E-state index contributed by atoms with van der Waals surface area (Å²) in [5, 5.41) is 2.89. The summed E-state index contributed by atoms with van der Waals surface area (Å²) in [6.45, 7) is 0. The van der Waals surface area contributed by atoms with E-state index >= 15 is 0 Å². The number of H-pyrrole nitrogens is 1. The van der Waals surface area contributed by atoms with Crippen LogP contribution in [0.2, 0.25) is 0 Å². The van der Waals surface area contributed by atoms with Gasteiger partial charge in [-0.05, 0) is 36.4 Å². The minimum atomic E-state index is -0.182. The molecule has 5 rings (SSSR count). The lowest BCUT2D eigenvalue weighted by Gasteiger charge is -2.00. The Morgan fingerprint density at radius 1 is 1.11 bits per heavy atom. The smallest absolute Gasteiger partial charge is 0.256 e. The number of oxazole rings is 1. The molecular formula is C21H15N3O3. The Bertz CT molecular complexity index is 1200. The molecule has 0 bridgehead atoms. The second kappa shape index (κ2) is 5.88. The zero-order chi connectivity index (χ0) is 18.4. The standard InChI is InChI=1S/C21H15N3O3/c1-26-16-9-10-22-15(16)11-13-18-14(23-20(13)25)7-8-17-19(18)24-21(27-17)12-5-3-2-4-6-12/h2-11,22H,1H3,(H,23,25). The lowest BCUT2D eigenvalue weighted by atomic mass is 10.0. The Morgan fingerprint density at radius 2 is 1.96 bits per heavy atom. The summed E-state index contributed by atoms with van der Waals surface area (Å²) in [4.78, 5) is 20.3. The molecule has 3 heterocycles. The highest BCUT2D eigenvalue weighted by atomic mass is 16.5. The Hall–Kier alpha value is -3.80. The van der Waals surface area contributed by atoms with Gasteiger partial charge in [0.25, 0.3) is 5.91 Å². The number of carbonyl (C=O) groups excluding carboxylic acids is 1. The van der Waals surface area contributed by atoms with Crippen molar-refractivity contribution in [1.29, 1.82) is 0 Å². The van der Waals surface area contributed by atoms with Gasteiger partial charge in [-0.25, -0.2) is 4.98 Å². The molecule has 0 aliphatic carbocycles. The Kier molecular flexibility index (Phi) is 3.36. The lowest BCUT2D eigenvalue weighted by Crippen LogP contribution is -2.03. The predicted molar refractivity (Wildman–Crippen MR) is 103 cm³/mol. The predicted octanol–water partition coefficient (Wildman–Crippen LogP) is 4.32. The molecule has 0 saturated heterocycles. The van der Waals surface area contributed by atoms with Gasteiger partial charge in [0.05, 0.1) is 24.1 Å². The van der Waals surface area contributed by atoms with Crippen molar-refractivity contribution in [2.24, 2.45) is 0 Å². The molecule has 2 N–H and O–H groups in total. The number of methoxy groups -OCH3 is 1. The first-order chi connectivity index (χ1) is 13.2. The van der Waals surface area contributed by atoms with Gasteiger partial charge in [0, 0.05) is 17.3 Å². The number of nitrogens with zero attached hydrogens (tertiary/aromatic N) is 1. The third-order valence-corrected chi connectivity index (χ3v) is 4.59. The van der Waals surface area contributed by atoms with Crippen molar-refractivity contribution in [3.8, 4) is 17.2 Å². The molecule has 0 spiro atoms. The van der Waals surface area contributed by atoms with E-state index in [1.165, 1.54) is 0 Å². The average molecular weight is 357 g/mol. The molecule has 6 heteroatoms. The summed E-state index contributed by atoms with van der Waals surface area (Å²) in [6, 6.07) is 15.2. The van der Waals surface area contributed by atoms with Crippen molar-refractivity contribution < 1.29 is 13.9 Å². The van der Waals surface area contributed by atoms with E-state index in [9.17, 15) is 4.79 Å². The normalized spacial score (nSPS) is 14.6. The Morgan fingerprint density at radius 3 is 2.78 bits per heavy atom. The van der Waals surface area contributed by atoms with Crippen molar-refractivity contribution in [2.75, 3.05) is 12.4 Å². The summed E-state index contributed by atoms with van der Waals surface area (Å²) in [5.74, 6) is 1.01. The van der Waals surface area contributed by atoms with Crippen LogP contribution >= 0.6 is 0 Å². The summed E-state index contributed by atoms with van der Waals surface area (Å²) in [5.41, 5.74) is 4.87. The van der Waals surface area contributed by atoms with Crippen molar-refractivity contribution in [3.63, 3.8) is 0 Å². The van der Waals surface area contributed by atoms with Crippen LogP contribution in [0.25, 0.3) is 34.2 Å². The van der Waals surface area contributed by atoms with Crippen LogP contribution in [-0.4, -0.2) is 23.0 Å². The zero-order valence-corrected chi connectivity index (χ0v) is 14.4. The van der Waals surface area contributed by atoms with Crippen molar-refractivity contribution in [3.05, 3.63) is 66.0 Å². The number of ether oxygens (including phenoxy) is 1. The molecule has 2 aromatic heterocycles. The van der Waals surface area contributed by atoms with Gasteiger partial charge >= 0.3 is 0 Å². The maximum atomic E-state index is 12.6. The number of amides is 1. The van der Waals surface area contributed by atoms with Crippen LogP contribution in [0.5, 0.6) is 5.75 Å². The van der Waals surface area contributed by atoms with Crippen molar-refractivity contribution >= 4 is 34.3 Å². The summed E-state index contributed by atoms with van der Waals surface area (Å²) >= 11 is 0. The molecule has 6 nitrogen and oxygen atoms in total. The molecule has 2 aromatic carbocycles. The van der Waals surface area contributed by atoms with Crippen LogP contribution in [0.15, 0.2) is 59.1 Å². The summed E-state index contributed by atoms with van der Waals surface area (Å²) < 4.78 is 11.3. The minimum Gasteiger partial charge on any atom is -0.495 e. The maximum Gasteiger partial charge on any atom is 0.256 e. The number of benzene rings is 2. The van der Waals surface area contributed by atoms with E-state index < -0.39 is 0 Å². The Balaban J connectivity index is 1.71. The van der Waals surface area contributed by atoms with E-state index in [0.29, 0.717) is 28.3 Å². The van der Waals surface area contributed by atoms with Crippen LogP contribution in [-0.2, 0) is 4.79 Å². The number of hydrogen-bond acceptors (Lipinski definition) is 4.